The summed E-state index contributed by atoms with van der Waals surface area (Å²) in [6.07, 6.45) is 1.96. The zero-order valence-corrected chi connectivity index (χ0v) is 8.22. The van der Waals surface area contributed by atoms with Crippen LogP contribution in [0.2, 0.25) is 0 Å². The van der Waals surface area contributed by atoms with E-state index in [2.05, 4.69) is 16.9 Å². The molecule has 1 aromatic carbocycles. The number of hydrogen-bond donors (Lipinski definition) is 1. The molecule has 0 radical (unpaired) electrons. The second kappa shape index (κ2) is 4.03. The Kier molecular flexibility index (Phi) is 2.76. The molecule has 0 unspecified atom stereocenters. The van der Waals surface area contributed by atoms with Crippen molar-refractivity contribution in [2.75, 3.05) is 6.54 Å². The SMILES string of the molecule is O=[S@@]1NCC[C@H]1Cc1ccccc1. The van der Waals surface area contributed by atoms with Crippen LogP contribution in [0.25, 0.3) is 0 Å². The number of hydrogen-bond acceptors (Lipinski definition) is 1. The maximum absolute atomic E-state index is 11.4. The normalized spacial score (nSPS) is 27.7. The summed E-state index contributed by atoms with van der Waals surface area (Å²) in [7, 11) is -0.811. The Morgan fingerprint density at radius 3 is 2.77 bits per heavy atom. The van der Waals surface area contributed by atoms with E-state index in [4.69, 9.17) is 0 Å². The van der Waals surface area contributed by atoms with E-state index in [1.807, 2.05) is 18.2 Å². The summed E-state index contributed by atoms with van der Waals surface area (Å²) in [6.45, 7) is 0.893. The summed E-state index contributed by atoms with van der Waals surface area (Å²) in [5.74, 6) is 0. The lowest BCUT2D eigenvalue weighted by Gasteiger charge is -2.06. The fourth-order valence-corrected chi connectivity index (χ4v) is 2.83. The highest BCUT2D eigenvalue weighted by Gasteiger charge is 2.22. The van der Waals surface area contributed by atoms with Crippen molar-refractivity contribution in [3.05, 3.63) is 35.9 Å². The van der Waals surface area contributed by atoms with Crippen LogP contribution in [-0.4, -0.2) is 16.0 Å². The van der Waals surface area contributed by atoms with Crippen LogP contribution in [0.3, 0.4) is 0 Å². The van der Waals surface area contributed by atoms with Crippen molar-refractivity contribution in [2.24, 2.45) is 0 Å². The van der Waals surface area contributed by atoms with Gasteiger partial charge in [0, 0.05) is 6.54 Å². The molecule has 3 heteroatoms. The smallest absolute Gasteiger partial charge is 0.0950 e. The van der Waals surface area contributed by atoms with Gasteiger partial charge in [-0.3, -0.25) is 0 Å². The topological polar surface area (TPSA) is 29.1 Å². The molecule has 0 bridgehead atoms. The Labute approximate surface area is 80.9 Å². The molecular formula is C10H13NOS. The van der Waals surface area contributed by atoms with Crippen molar-refractivity contribution in [2.45, 2.75) is 18.1 Å². The van der Waals surface area contributed by atoms with Crippen LogP contribution >= 0.6 is 0 Å². The number of nitrogens with one attached hydrogen (secondary N) is 1. The maximum Gasteiger partial charge on any atom is 0.0950 e. The first-order chi connectivity index (χ1) is 6.36. The van der Waals surface area contributed by atoms with Crippen LogP contribution in [0.5, 0.6) is 0 Å². The van der Waals surface area contributed by atoms with Gasteiger partial charge in [0.1, 0.15) is 0 Å². The molecule has 1 heterocycles. The van der Waals surface area contributed by atoms with Crippen molar-refractivity contribution < 1.29 is 4.21 Å². The third kappa shape index (κ3) is 2.17. The minimum Gasteiger partial charge on any atom is -0.243 e. The molecule has 0 amide bonds. The van der Waals surface area contributed by atoms with Gasteiger partial charge in [0.05, 0.1) is 16.2 Å². The number of rotatable bonds is 2. The van der Waals surface area contributed by atoms with Gasteiger partial charge >= 0.3 is 0 Å². The van der Waals surface area contributed by atoms with Gasteiger partial charge in [-0.05, 0) is 18.4 Å². The highest BCUT2D eigenvalue weighted by atomic mass is 32.2. The van der Waals surface area contributed by atoms with Crippen LogP contribution in [0.15, 0.2) is 30.3 Å². The minimum absolute atomic E-state index is 0.308. The standard InChI is InChI=1S/C10H13NOS/c12-13-10(6-7-11-13)8-9-4-2-1-3-5-9/h1-5,10-11H,6-8H2/t10-,13-/m0/s1. The Morgan fingerprint density at radius 2 is 2.15 bits per heavy atom. The monoisotopic (exact) mass is 195 g/mol. The summed E-state index contributed by atoms with van der Waals surface area (Å²) in [6, 6.07) is 10.2. The quantitative estimate of drug-likeness (QED) is 0.756. The van der Waals surface area contributed by atoms with Crippen LogP contribution in [0.1, 0.15) is 12.0 Å². The van der Waals surface area contributed by atoms with Crippen LogP contribution < -0.4 is 4.72 Å². The van der Waals surface area contributed by atoms with Crippen molar-refractivity contribution >= 4 is 11.0 Å². The molecule has 70 valence electrons. The first kappa shape index (κ1) is 8.91. The zero-order chi connectivity index (χ0) is 9.10. The van der Waals surface area contributed by atoms with Gasteiger partial charge < -0.3 is 0 Å². The Morgan fingerprint density at radius 1 is 1.38 bits per heavy atom. The van der Waals surface area contributed by atoms with Gasteiger partial charge in [-0.25, -0.2) is 8.93 Å². The predicted octanol–water partition coefficient (Wildman–Crippen LogP) is 1.25. The first-order valence-electron chi connectivity index (χ1n) is 4.54. The second-order valence-corrected chi connectivity index (χ2v) is 4.84. The highest BCUT2D eigenvalue weighted by molar-refractivity contribution is 7.83. The maximum atomic E-state index is 11.4. The predicted molar refractivity (Wildman–Crippen MR) is 54.7 cm³/mol. The van der Waals surface area contributed by atoms with Gasteiger partial charge in [-0.1, -0.05) is 30.3 Å². The molecule has 0 saturated carbocycles. The second-order valence-electron chi connectivity index (χ2n) is 3.29. The van der Waals surface area contributed by atoms with E-state index in [1.54, 1.807) is 0 Å². The van der Waals surface area contributed by atoms with Gasteiger partial charge in [-0.2, -0.15) is 0 Å². The van der Waals surface area contributed by atoms with Crippen LogP contribution in [-0.2, 0) is 17.4 Å². The van der Waals surface area contributed by atoms with E-state index in [0.717, 1.165) is 19.4 Å². The van der Waals surface area contributed by atoms with Crippen molar-refractivity contribution in [1.82, 2.24) is 4.72 Å². The molecule has 2 nitrogen and oxygen atoms in total. The molecule has 0 spiro atoms. The van der Waals surface area contributed by atoms with E-state index >= 15 is 0 Å². The molecule has 2 atom stereocenters. The third-order valence-electron chi connectivity index (χ3n) is 2.32. The molecule has 2 rings (SSSR count). The average molecular weight is 195 g/mol. The minimum atomic E-state index is -0.811. The fourth-order valence-electron chi connectivity index (χ4n) is 1.60. The Hall–Kier alpha value is -0.670. The van der Waals surface area contributed by atoms with Crippen LogP contribution in [0.4, 0.5) is 0 Å². The van der Waals surface area contributed by atoms with E-state index in [0.29, 0.717) is 5.25 Å². The molecule has 1 saturated heterocycles. The highest BCUT2D eigenvalue weighted by Crippen LogP contribution is 2.13. The van der Waals surface area contributed by atoms with Gasteiger partial charge in [0.2, 0.25) is 0 Å². The van der Waals surface area contributed by atoms with E-state index in [9.17, 15) is 4.21 Å². The molecular weight excluding hydrogens is 182 g/mol. The summed E-state index contributed by atoms with van der Waals surface area (Å²) < 4.78 is 14.3. The lowest BCUT2D eigenvalue weighted by molar-refractivity contribution is 0.672. The van der Waals surface area contributed by atoms with Gasteiger partial charge in [-0.15, -0.1) is 0 Å². The summed E-state index contributed by atoms with van der Waals surface area (Å²) in [5.41, 5.74) is 1.28. The van der Waals surface area contributed by atoms with Crippen molar-refractivity contribution in [1.29, 1.82) is 0 Å². The molecule has 1 fully saturated rings. The van der Waals surface area contributed by atoms with E-state index in [-0.39, 0.29) is 0 Å². The number of benzene rings is 1. The molecule has 0 aliphatic carbocycles. The lowest BCUT2D eigenvalue weighted by atomic mass is 10.1. The summed E-state index contributed by atoms with van der Waals surface area (Å²) in [4.78, 5) is 0. The molecule has 1 aliphatic rings. The lowest BCUT2D eigenvalue weighted by Crippen LogP contribution is -2.17. The van der Waals surface area contributed by atoms with Crippen molar-refractivity contribution in [3.8, 4) is 0 Å². The molecule has 13 heavy (non-hydrogen) atoms. The van der Waals surface area contributed by atoms with Crippen molar-refractivity contribution in [3.63, 3.8) is 0 Å². The largest absolute Gasteiger partial charge is 0.243 e. The van der Waals surface area contributed by atoms with E-state index < -0.39 is 11.0 Å². The molecule has 1 aromatic rings. The fraction of sp³-hybridized carbons (Fsp3) is 0.400. The first-order valence-corrected chi connectivity index (χ1v) is 5.75. The Bertz CT molecular complexity index is 299. The molecule has 0 aromatic heterocycles. The van der Waals surface area contributed by atoms with Gasteiger partial charge in [0.25, 0.3) is 0 Å². The van der Waals surface area contributed by atoms with Gasteiger partial charge in [0.15, 0.2) is 0 Å². The zero-order valence-electron chi connectivity index (χ0n) is 7.40. The molecule has 1 aliphatic heterocycles. The average Bonchev–Trinajstić information content (AvgIpc) is 2.54. The summed E-state index contributed by atoms with van der Waals surface area (Å²) in [5, 5.41) is 0.308. The Balaban J connectivity index is 2.02. The van der Waals surface area contributed by atoms with E-state index in [1.165, 1.54) is 5.56 Å². The molecule has 1 N–H and O–H groups in total. The third-order valence-corrected chi connectivity index (χ3v) is 3.82. The summed E-state index contributed by atoms with van der Waals surface area (Å²) >= 11 is 0. The van der Waals surface area contributed by atoms with Crippen LogP contribution in [0, 0.1) is 0 Å².